The van der Waals surface area contributed by atoms with E-state index in [0.29, 0.717) is 25.3 Å². The molecule has 0 atom stereocenters. The van der Waals surface area contributed by atoms with Gasteiger partial charge in [-0.25, -0.2) is 0 Å². The van der Waals surface area contributed by atoms with E-state index in [0.717, 1.165) is 11.1 Å². The molecule has 0 saturated heterocycles. The molecule has 0 radical (unpaired) electrons. The lowest BCUT2D eigenvalue weighted by atomic mass is 10.1. The number of carboxylic acids is 1. The summed E-state index contributed by atoms with van der Waals surface area (Å²) in [7, 11) is 0. The van der Waals surface area contributed by atoms with Crippen LogP contribution in [0.25, 0.3) is 0 Å². The molecular formula is C13H15NO4. The van der Waals surface area contributed by atoms with Crippen molar-refractivity contribution in [1.82, 2.24) is 4.90 Å². The zero-order valence-electron chi connectivity index (χ0n) is 10.2. The number of likely N-dealkylation sites (N-methyl/N-ethyl adjacent to an activating group) is 1. The number of carboxylic acid groups (broad SMARTS) is 1. The highest BCUT2D eigenvalue weighted by atomic mass is 16.5. The van der Waals surface area contributed by atoms with Crippen LogP contribution in [0.3, 0.4) is 0 Å². The van der Waals surface area contributed by atoms with Crippen molar-refractivity contribution in [3.05, 3.63) is 34.9 Å². The number of carbonyl (C=O) groups is 2. The van der Waals surface area contributed by atoms with Crippen molar-refractivity contribution in [3.63, 3.8) is 0 Å². The first-order valence-electron chi connectivity index (χ1n) is 5.82. The lowest BCUT2D eigenvalue weighted by Gasteiger charge is -2.18. The van der Waals surface area contributed by atoms with Crippen LogP contribution in [-0.4, -0.2) is 35.0 Å². The predicted molar refractivity (Wildman–Crippen MR) is 64.1 cm³/mol. The molecule has 1 heterocycles. The fourth-order valence-corrected chi connectivity index (χ4v) is 1.98. The zero-order chi connectivity index (χ0) is 13.1. The highest BCUT2D eigenvalue weighted by molar-refractivity contribution is 5.96. The Kier molecular flexibility index (Phi) is 3.62. The van der Waals surface area contributed by atoms with Crippen molar-refractivity contribution in [1.29, 1.82) is 0 Å². The van der Waals surface area contributed by atoms with Crippen LogP contribution in [0.5, 0.6) is 0 Å². The van der Waals surface area contributed by atoms with E-state index in [1.54, 1.807) is 19.1 Å². The van der Waals surface area contributed by atoms with Crippen molar-refractivity contribution in [2.45, 2.75) is 20.1 Å². The molecule has 0 aromatic heterocycles. The maximum atomic E-state index is 12.1. The highest BCUT2D eigenvalue weighted by Gasteiger charge is 2.19. The Hall–Kier alpha value is -1.88. The van der Waals surface area contributed by atoms with Crippen LogP contribution in [0, 0.1) is 0 Å². The summed E-state index contributed by atoms with van der Waals surface area (Å²) in [5.41, 5.74) is 2.61. The number of amides is 1. The number of benzene rings is 1. The number of nitrogens with zero attached hydrogens (tertiary/aromatic N) is 1. The Balaban J connectivity index is 2.19. The summed E-state index contributed by atoms with van der Waals surface area (Å²) in [4.78, 5) is 24.1. The van der Waals surface area contributed by atoms with Gasteiger partial charge < -0.3 is 14.7 Å². The summed E-state index contributed by atoms with van der Waals surface area (Å²) in [5, 5.41) is 8.75. The lowest BCUT2D eigenvalue weighted by molar-refractivity contribution is -0.137. The maximum Gasteiger partial charge on any atom is 0.323 e. The third kappa shape index (κ3) is 2.51. The zero-order valence-corrected chi connectivity index (χ0v) is 10.2. The second-order valence-corrected chi connectivity index (χ2v) is 4.19. The largest absolute Gasteiger partial charge is 0.480 e. The molecule has 0 unspecified atom stereocenters. The minimum Gasteiger partial charge on any atom is -0.480 e. The van der Waals surface area contributed by atoms with Crippen LogP contribution < -0.4 is 0 Å². The molecule has 0 saturated carbocycles. The molecule has 1 aliphatic heterocycles. The number of fused-ring (bicyclic) bond motifs is 1. The van der Waals surface area contributed by atoms with E-state index in [1.807, 2.05) is 6.07 Å². The number of hydrogen-bond acceptors (Lipinski definition) is 3. The Bertz CT molecular complexity index is 484. The molecule has 0 aliphatic carbocycles. The van der Waals surface area contributed by atoms with Crippen LogP contribution in [0.2, 0.25) is 0 Å². The number of aliphatic carboxylic acids is 1. The molecule has 0 spiro atoms. The Morgan fingerprint density at radius 1 is 1.33 bits per heavy atom. The number of ether oxygens (including phenoxy) is 1. The predicted octanol–water partition coefficient (Wildman–Crippen LogP) is 1.26. The molecule has 1 N–H and O–H groups in total. The third-order valence-corrected chi connectivity index (χ3v) is 2.96. The first-order chi connectivity index (χ1) is 8.61. The fraction of sp³-hybridized carbons (Fsp3) is 0.385. The summed E-state index contributed by atoms with van der Waals surface area (Å²) in [6, 6.07) is 5.37. The van der Waals surface area contributed by atoms with Crippen LogP contribution in [-0.2, 0) is 22.7 Å². The van der Waals surface area contributed by atoms with Gasteiger partial charge >= 0.3 is 5.97 Å². The molecule has 5 heteroatoms. The number of hydrogen-bond donors (Lipinski definition) is 1. The number of rotatable bonds is 4. The van der Waals surface area contributed by atoms with Gasteiger partial charge in [0.1, 0.15) is 6.54 Å². The van der Waals surface area contributed by atoms with E-state index in [1.165, 1.54) is 4.90 Å². The summed E-state index contributed by atoms with van der Waals surface area (Å²) in [6.45, 7) is 2.96. The SMILES string of the molecule is CCN(CC(=O)O)C(=O)c1ccc2c(c1)COC2. The van der Waals surface area contributed by atoms with Gasteiger partial charge in [0, 0.05) is 12.1 Å². The third-order valence-electron chi connectivity index (χ3n) is 2.96. The van der Waals surface area contributed by atoms with Crippen LogP contribution >= 0.6 is 0 Å². The molecule has 18 heavy (non-hydrogen) atoms. The van der Waals surface area contributed by atoms with Crippen LogP contribution in [0.1, 0.15) is 28.4 Å². The molecule has 2 rings (SSSR count). The van der Waals surface area contributed by atoms with Crippen molar-refractivity contribution in [2.75, 3.05) is 13.1 Å². The van der Waals surface area contributed by atoms with Gasteiger partial charge in [0.25, 0.3) is 5.91 Å². The van der Waals surface area contributed by atoms with Crippen molar-refractivity contribution in [3.8, 4) is 0 Å². The summed E-state index contributed by atoms with van der Waals surface area (Å²) < 4.78 is 5.28. The highest BCUT2D eigenvalue weighted by Crippen LogP contribution is 2.21. The van der Waals surface area contributed by atoms with E-state index < -0.39 is 5.97 Å². The lowest BCUT2D eigenvalue weighted by Crippen LogP contribution is -2.35. The molecule has 5 nitrogen and oxygen atoms in total. The molecular weight excluding hydrogens is 234 g/mol. The Labute approximate surface area is 105 Å². The van der Waals surface area contributed by atoms with Crippen LogP contribution in [0.15, 0.2) is 18.2 Å². The van der Waals surface area contributed by atoms with E-state index in [4.69, 9.17) is 9.84 Å². The van der Waals surface area contributed by atoms with Gasteiger partial charge in [0.05, 0.1) is 13.2 Å². The molecule has 96 valence electrons. The number of carbonyl (C=O) groups excluding carboxylic acids is 1. The standard InChI is InChI=1S/C13H15NO4/c1-2-14(6-12(15)16)13(17)9-3-4-10-7-18-8-11(10)5-9/h3-5H,2,6-8H2,1H3,(H,15,16). The second kappa shape index (κ2) is 5.18. The average molecular weight is 249 g/mol. The minimum atomic E-state index is -1.00. The first kappa shape index (κ1) is 12.6. The van der Waals surface area contributed by atoms with Crippen molar-refractivity contribution in [2.24, 2.45) is 0 Å². The quantitative estimate of drug-likeness (QED) is 0.872. The van der Waals surface area contributed by atoms with E-state index in [9.17, 15) is 9.59 Å². The van der Waals surface area contributed by atoms with Crippen LogP contribution in [0.4, 0.5) is 0 Å². The summed E-state index contributed by atoms with van der Waals surface area (Å²) in [6.07, 6.45) is 0. The maximum absolute atomic E-state index is 12.1. The van der Waals surface area contributed by atoms with Gasteiger partial charge in [-0.05, 0) is 30.2 Å². The van der Waals surface area contributed by atoms with Gasteiger partial charge in [-0.1, -0.05) is 6.07 Å². The average Bonchev–Trinajstić information content (AvgIpc) is 2.81. The Morgan fingerprint density at radius 3 is 2.72 bits per heavy atom. The van der Waals surface area contributed by atoms with E-state index in [-0.39, 0.29) is 12.5 Å². The molecule has 1 aromatic carbocycles. The Morgan fingerprint density at radius 2 is 2.06 bits per heavy atom. The molecule has 1 amide bonds. The smallest absolute Gasteiger partial charge is 0.323 e. The summed E-state index contributed by atoms with van der Waals surface area (Å²) >= 11 is 0. The van der Waals surface area contributed by atoms with E-state index >= 15 is 0 Å². The van der Waals surface area contributed by atoms with Crippen molar-refractivity contribution < 1.29 is 19.4 Å². The van der Waals surface area contributed by atoms with Gasteiger partial charge in [-0.15, -0.1) is 0 Å². The fourth-order valence-electron chi connectivity index (χ4n) is 1.98. The second-order valence-electron chi connectivity index (χ2n) is 4.19. The molecule has 1 aromatic rings. The normalized spacial score (nSPS) is 13.2. The van der Waals surface area contributed by atoms with E-state index in [2.05, 4.69) is 0 Å². The summed E-state index contributed by atoms with van der Waals surface area (Å²) in [5.74, 6) is -1.26. The molecule has 0 bridgehead atoms. The molecule has 1 aliphatic rings. The van der Waals surface area contributed by atoms with Gasteiger partial charge in [0.15, 0.2) is 0 Å². The first-order valence-corrected chi connectivity index (χ1v) is 5.82. The van der Waals surface area contributed by atoms with Crippen molar-refractivity contribution >= 4 is 11.9 Å². The minimum absolute atomic E-state index is 0.255. The molecule has 0 fully saturated rings. The van der Waals surface area contributed by atoms with Gasteiger partial charge in [-0.2, -0.15) is 0 Å². The monoisotopic (exact) mass is 249 g/mol. The topological polar surface area (TPSA) is 66.8 Å². The van der Waals surface area contributed by atoms with Gasteiger partial charge in [-0.3, -0.25) is 9.59 Å². The van der Waals surface area contributed by atoms with Gasteiger partial charge in [0.2, 0.25) is 0 Å².